The van der Waals surface area contributed by atoms with Gasteiger partial charge in [0.25, 0.3) is 0 Å². The fourth-order valence-electron chi connectivity index (χ4n) is 2.40. The van der Waals surface area contributed by atoms with Gasteiger partial charge in [-0.15, -0.1) is 0 Å². The van der Waals surface area contributed by atoms with Gasteiger partial charge in [-0.3, -0.25) is 9.69 Å². The Morgan fingerprint density at radius 1 is 1.60 bits per heavy atom. The third-order valence-corrected chi connectivity index (χ3v) is 3.56. The van der Waals surface area contributed by atoms with Crippen LogP contribution in [0.3, 0.4) is 0 Å². The van der Waals surface area contributed by atoms with Gasteiger partial charge in [0.1, 0.15) is 5.82 Å². The van der Waals surface area contributed by atoms with Crippen molar-refractivity contribution in [2.45, 2.75) is 39.3 Å². The Labute approximate surface area is 120 Å². The first-order valence-electron chi connectivity index (χ1n) is 7.40. The van der Waals surface area contributed by atoms with Crippen molar-refractivity contribution in [3.63, 3.8) is 0 Å². The number of hydrogen-bond donors (Lipinski definition) is 2. The largest absolute Gasteiger partial charge is 0.314 e. The van der Waals surface area contributed by atoms with E-state index < -0.39 is 0 Å². The Bertz CT molecular complexity index is 439. The SMILES string of the molecule is CCCN(CC(=O)Nc1ccnn1C(C)C)C1CNC1. The maximum Gasteiger partial charge on any atom is 0.239 e. The van der Waals surface area contributed by atoms with E-state index in [9.17, 15) is 4.79 Å². The van der Waals surface area contributed by atoms with Gasteiger partial charge >= 0.3 is 0 Å². The van der Waals surface area contributed by atoms with Crippen LogP contribution in [0, 0.1) is 0 Å². The van der Waals surface area contributed by atoms with Crippen LogP contribution in [-0.4, -0.2) is 52.8 Å². The molecule has 112 valence electrons. The van der Waals surface area contributed by atoms with Crippen molar-refractivity contribution in [3.05, 3.63) is 12.3 Å². The van der Waals surface area contributed by atoms with E-state index in [1.165, 1.54) is 0 Å². The number of anilines is 1. The van der Waals surface area contributed by atoms with Crippen LogP contribution in [-0.2, 0) is 4.79 Å². The molecule has 0 aromatic carbocycles. The normalized spacial score (nSPS) is 15.7. The lowest BCUT2D eigenvalue weighted by atomic mass is 10.1. The zero-order chi connectivity index (χ0) is 14.5. The molecule has 0 unspecified atom stereocenters. The van der Waals surface area contributed by atoms with E-state index in [0.717, 1.165) is 31.9 Å². The third-order valence-electron chi connectivity index (χ3n) is 3.56. The summed E-state index contributed by atoms with van der Waals surface area (Å²) in [5, 5.41) is 10.4. The fraction of sp³-hybridized carbons (Fsp3) is 0.714. The quantitative estimate of drug-likeness (QED) is 0.784. The van der Waals surface area contributed by atoms with Crippen LogP contribution < -0.4 is 10.6 Å². The number of carbonyl (C=O) groups excluding carboxylic acids is 1. The molecule has 1 aromatic rings. The number of rotatable bonds is 7. The van der Waals surface area contributed by atoms with E-state index in [0.29, 0.717) is 12.6 Å². The van der Waals surface area contributed by atoms with Gasteiger partial charge in [-0.1, -0.05) is 6.92 Å². The lowest BCUT2D eigenvalue weighted by Crippen LogP contribution is -2.58. The van der Waals surface area contributed by atoms with E-state index in [1.54, 1.807) is 6.20 Å². The van der Waals surface area contributed by atoms with Gasteiger partial charge in [0.05, 0.1) is 12.7 Å². The summed E-state index contributed by atoms with van der Waals surface area (Å²) in [6, 6.07) is 2.58. The van der Waals surface area contributed by atoms with E-state index in [2.05, 4.69) is 27.6 Å². The average molecular weight is 279 g/mol. The molecule has 1 saturated heterocycles. The molecule has 1 aliphatic rings. The molecule has 0 aliphatic carbocycles. The maximum absolute atomic E-state index is 12.2. The number of nitrogens with one attached hydrogen (secondary N) is 2. The van der Waals surface area contributed by atoms with E-state index in [-0.39, 0.29) is 11.9 Å². The molecule has 20 heavy (non-hydrogen) atoms. The molecule has 0 atom stereocenters. The predicted molar refractivity (Wildman–Crippen MR) is 79.8 cm³/mol. The molecule has 6 heteroatoms. The van der Waals surface area contributed by atoms with Crippen molar-refractivity contribution in [2.24, 2.45) is 0 Å². The second kappa shape index (κ2) is 6.85. The van der Waals surface area contributed by atoms with Gasteiger partial charge in [0.2, 0.25) is 5.91 Å². The Kier molecular flexibility index (Phi) is 5.14. The third kappa shape index (κ3) is 3.58. The number of hydrogen-bond acceptors (Lipinski definition) is 4. The van der Waals surface area contributed by atoms with Gasteiger partial charge in [-0.2, -0.15) is 5.10 Å². The van der Waals surface area contributed by atoms with Crippen LogP contribution in [0.1, 0.15) is 33.2 Å². The average Bonchev–Trinajstić information content (AvgIpc) is 2.74. The van der Waals surface area contributed by atoms with Crippen LogP contribution >= 0.6 is 0 Å². The molecule has 2 heterocycles. The van der Waals surface area contributed by atoms with Gasteiger partial charge in [-0.25, -0.2) is 4.68 Å². The molecule has 1 fully saturated rings. The smallest absolute Gasteiger partial charge is 0.239 e. The Balaban J connectivity index is 1.91. The lowest BCUT2D eigenvalue weighted by molar-refractivity contribution is -0.118. The first kappa shape index (κ1) is 15.0. The summed E-state index contributed by atoms with van der Waals surface area (Å²) in [4.78, 5) is 14.5. The van der Waals surface area contributed by atoms with Crippen molar-refractivity contribution >= 4 is 11.7 Å². The lowest BCUT2D eigenvalue weighted by Gasteiger charge is -2.37. The summed E-state index contributed by atoms with van der Waals surface area (Å²) in [7, 11) is 0. The van der Waals surface area contributed by atoms with Crippen molar-refractivity contribution in [3.8, 4) is 0 Å². The summed E-state index contributed by atoms with van der Waals surface area (Å²) >= 11 is 0. The molecule has 1 aromatic heterocycles. The molecule has 0 saturated carbocycles. The molecule has 0 spiro atoms. The zero-order valence-corrected chi connectivity index (χ0v) is 12.6. The highest BCUT2D eigenvalue weighted by Crippen LogP contribution is 2.13. The highest BCUT2D eigenvalue weighted by atomic mass is 16.2. The van der Waals surface area contributed by atoms with Crippen LogP contribution in [0.2, 0.25) is 0 Å². The van der Waals surface area contributed by atoms with Crippen LogP contribution in [0.4, 0.5) is 5.82 Å². The number of aromatic nitrogens is 2. The molecule has 2 rings (SSSR count). The standard InChI is InChI=1S/C14H25N5O/c1-4-7-18(12-8-15-9-12)10-14(20)17-13-5-6-16-19(13)11(2)3/h5-6,11-12,15H,4,7-10H2,1-3H3,(H,17,20). The topological polar surface area (TPSA) is 62.2 Å². The fourth-order valence-corrected chi connectivity index (χ4v) is 2.40. The van der Waals surface area contributed by atoms with E-state index in [4.69, 9.17) is 0 Å². The summed E-state index contributed by atoms with van der Waals surface area (Å²) in [6.07, 6.45) is 2.78. The molecule has 0 bridgehead atoms. The first-order valence-corrected chi connectivity index (χ1v) is 7.40. The summed E-state index contributed by atoms with van der Waals surface area (Å²) in [5.74, 6) is 0.806. The van der Waals surface area contributed by atoms with E-state index >= 15 is 0 Å². The van der Waals surface area contributed by atoms with Crippen LogP contribution in [0.25, 0.3) is 0 Å². The minimum absolute atomic E-state index is 0.0350. The van der Waals surface area contributed by atoms with Crippen molar-refractivity contribution < 1.29 is 4.79 Å². The number of amides is 1. The maximum atomic E-state index is 12.2. The molecular weight excluding hydrogens is 254 g/mol. The van der Waals surface area contributed by atoms with Gasteiger partial charge in [0.15, 0.2) is 0 Å². The molecule has 1 aliphatic heterocycles. The Hall–Kier alpha value is -1.40. The number of nitrogens with zero attached hydrogens (tertiary/aromatic N) is 3. The molecule has 6 nitrogen and oxygen atoms in total. The second-order valence-corrected chi connectivity index (χ2v) is 5.59. The number of carbonyl (C=O) groups is 1. The zero-order valence-electron chi connectivity index (χ0n) is 12.6. The predicted octanol–water partition coefficient (Wildman–Crippen LogP) is 1.09. The van der Waals surface area contributed by atoms with Crippen molar-refractivity contribution in [1.82, 2.24) is 20.0 Å². The highest BCUT2D eigenvalue weighted by Gasteiger charge is 2.25. The van der Waals surface area contributed by atoms with Crippen LogP contribution in [0.15, 0.2) is 12.3 Å². The molecule has 0 radical (unpaired) electrons. The summed E-state index contributed by atoms with van der Waals surface area (Å²) in [5.41, 5.74) is 0. The van der Waals surface area contributed by atoms with Gasteiger partial charge in [0, 0.05) is 31.2 Å². The molecule has 1 amide bonds. The van der Waals surface area contributed by atoms with Crippen molar-refractivity contribution in [1.29, 1.82) is 0 Å². The highest BCUT2D eigenvalue weighted by molar-refractivity contribution is 5.91. The molecule has 2 N–H and O–H groups in total. The minimum atomic E-state index is 0.0350. The second-order valence-electron chi connectivity index (χ2n) is 5.59. The van der Waals surface area contributed by atoms with Gasteiger partial charge < -0.3 is 10.6 Å². The Morgan fingerprint density at radius 3 is 2.90 bits per heavy atom. The van der Waals surface area contributed by atoms with Crippen LogP contribution in [0.5, 0.6) is 0 Å². The summed E-state index contributed by atoms with van der Waals surface area (Å²) < 4.78 is 1.83. The monoisotopic (exact) mass is 279 g/mol. The minimum Gasteiger partial charge on any atom is -0.314 e. The summed E-state index contributed by atoms with van der Waals surface area (Å²) in [6.45, 7) is 9.62. The van der Waals surface area contributed by atoms with E-state index in [1.807, 2.05) is 24.6 Å². The van der Waals surface area contributed by atoms with Crippen molar-refractivity contribution in [2.75, 3.05) is 31.5 Å². The Morgan fingerprint density at radius 2 is 2.35 bits per heavy atom. The molecular formula is C14H25N5O. The van der Waals surface area contributed by atoms with Gasteiger partial charge in [-0.05, 0) is 26.8 Å². The first-order chi connectivity index (χ1) is 9.61.